The van der Waals surface area contributed by atoms with E-state index in [2.05, 4.69) is 20.5 Å². The van der Waals surface area contributed by atoms with Crippen LogP contribution in [-0.2, 0) is 0 Å². The molecule has 0 aliphatic rings. The van der Waals surface area contributed by atoms with Crippen LogP contribution in [0.2, 0.25) is 0 Å². The molecule has 6 heteroatoms. The quantitative estimate of drug-likeness (QED) is 0.909. The first kappa shape index (κ1) is 13.1. The Bertz CT molecular complexity index is 565. The lowest BCUT2D eigenvalue weighted by Gasteiger charge is -2.09. The van der Waals surface area contributed by atoms with E-state index in [9.17, 15) is 0 Å². The smallest absolute Gasteiger partial charge is 0.247 e. The Kier molecular flexibility index (Phi) is 3.79. The molecule has 100 valence electrons. The van der Waals surface area contributed by atoms with Crippen molar-refractivity contribution in [1.29, 1.82) is 0 Å². The molecule has 0 amide bonds. The third-order valence-corrected chi connectivity index (χ3v) is 2.70. The summed E-state index contributed by atoms with van der Waals surface area (Å²) in [6.07, 6.45) is 0. The van der Waals surface area contributed by atoms with Crippen LogP contribution in [0.3, 0.4) is 0 Å². The van der Waals surface area contributed by atoms with Crippen molar-refractivity contribution >= 4 is 11.6 Å². The van der Waals surface area contributed by atoms with E-state index >= 15 is 0 Å². The predicted octanol–water partition coefficient (Wildman–Crippen LogP) is 2.25. The summed E-state index contributed by atoms with van der Waals surface area (Å²) in [4.78, 5) is 4.31. The van der Waals surface area contributed by atoms with Gasteiger partial charge >= 0.3 is 0 Å². The van der Waals surface area contributed by atoms with Crippen molar-refractivity contribution < 1.29 is 9.47 Å². The molecule has 1 aromatic heterocycles. The number of rotatable bonds is 4. The molecule has 0 unspecified atom stereocenters. The summed E-state index contributed by atoms with van der Waals surface area (Å²) < 4.78 is 10.4. The standard InChI is InChI=1S/C13H16N4O2/c1-8-9(2)16-17-13(14-8)15-10-5-11(18-3)7-12(6-10)19-4/h5-7H,1-4H3,(H,14,15,17). The number of benzene rings is 1. The van der Waals surface area contributed by atoms with Crippen LogP contribution in [0.5, 0.6) is 11.5 Å². The maximum Gasteiger partial charge on any atom is 0.247 e. The molecule has 0 aliphatic carbocycles. The van der Waals surface area contributed by atoms with Gasteiger partial charge in [-0.2, -0.15) is 5.10 Å². The van der Waals surface area contributed by atoms with Crippen LogP contribution in [-0.4, -0.2) is 29.4 Å². The van der Waals surface area contributed by atoms with Crippen molar-refractivity contribution in [3.8, 4) is 11.5 Å². The highest BCUT2D eigenvalue weighted by molar-refractivity contribution is 5.59. The first-order chi connectivity index (χ1) is 9.12. The van der Waals surface area contributed by atoms with Crippen LogP contribution in [0.25, 0.3) is 0 Å². The molecular formula is C13H16N4O2. The zero-order valence-electron chi connectivity index (χ0n) is 11.4. The van der Waals surface area contributed by atoms with Crippen LogP contribution >= 0.6 is 0 Å². The second-order valence-electron chi connectivity index (χ2n) is 4.03. The largest absolute Gasteiger partial charge is 0.497 e. The topological polar surface area (TPSA) is 69.2 Å². The molecular weight excluding hydrogens is 244 g/mol. The Morgan fingerprint density at radius 1 is 0.895 bits per heavy atom. The van der Waals surface area contributed by atoms with Gasteiger partial charge < -0.3 is 14.8 Å². The van der Waals surface area contributed by atoms with Gasteiger partial charge in [0.1, 0.15) is 11.5 Å². The molecule has 1 N–H and O–H groups in total. The van der Waals surface area contributed by atoms with Crippen molar-refractivity contribution in [3.05, 3.63) is 29.6 Å². The average molecular weight is 260 g/mol. The fraction of sp³-hybridized carbons (Fsp3) is 0.308. The van der Waals surface area contributed by atoms with Gasteiger partial charge in [-0.05, 0) is 13.8 Å². The summed E-state index contributed by atoms with van der Waals surface area (Å²) in [6.45, 7) is 3.76. The van der Waals surface area contributed by atoms with Crippen molar-refractivity contribution in [2.24, 2.45) is 0 Å². The molecule has 0 saturated carbocycles. The van der Waals surface area contributed by atoms with Crippen LogP contribution in [0.1, 0.15) is 11.4 Å². The zero-order valence-corrected chi connectivity index (χ0v) is 11.4. The maximum atomic E-state index is 5.20. The molecule has 1 aromatic carbocycles. The van der Waals surface area contributed by atoms with Crippen LogP contribution in [0.4, 0.5) is 11.6 Å². The first-order valence-corrected chi connectivity index (χ1v) is 5.80. The van der Waals surface area contributed by atoms with E-state index < -0.39 is 0 Å². The summed E-state index contributed by atoms with van der Waals surface area (Å²) in [7, 11) is 3.21. The van der Waals surface area contributed by atoms with Crippen molar-refractivity contribution in [2.45, 2.75) is 13.8 Å². The van der Waals surface area contributed by atoms with Gasteiger partial charge in [0.15, 0.2) is 0 Å². The lowest BCUT2D eigenvalue weighted by molar-refractivity contribution is 0.395. The SMILES string of the molecule is COc1cc(Nc2nnc(C)c(C)n2)cc(OC)c1. The normalized spacial score (nSPS) is 10.1. The van der Waals surface area contributed by atoms with Gasteiger partial charge in [-0.1, -0.05) is 0 Å². The molecule has 0 aliphatic heterocycles. The van der Waals surface area contributed by atoms with Crippen molar-refractivity contribution in [2.75, 3.05) is 19.5 Å². The second kappa shape index (κ2) is 5.51. The van der Waals surface area contributed by atoms with E-state index in [-0.39, 0.29) is 0 Å². The molecule has 0 fully saturated rings. The van der Waals surface area contributed by atoms with Gasteiger partial charge in [-0.15, -0.1) is 5.10 Å². The minimum absolute atomic E-state index is 0.443. The summed E-state index contributed by atoms with van der Waals surface area (Å²) in [5, 5.41) is 11.1. The summed E-state index contributed by atoms with van der Waals surface area (Å²) in [6, 6.07) is 5.47. The molecule has 0 spiro atoms. The van der Waals surface area contributed by atoms with Gasteiger partial charge in [-0.25, -0.2) is 4.98 Å². The van der Waals surface area contributed by atoms with Crippen molar-refractivity contribution in [1.82, 2.24) is 15.2 Å². The number of nitrogens with one attached hydrogen (secondary N) is 1. The van der Waals surface area contributed by atoms with E-state index in [4.69, 9.17) is 9.47 Å². The van der Waals surface area contributed by atoms with E-state index in [0.717, 1.165) is 17.1 Å². The number of hydrogen-bond donors (Lipinski definition) is 1. The fourth-order valence-corrected chi connectivity index (χ4v) is 1.52. The highest BCUT2D eigenvalue weighted by Crippen LogP contribution is 2.27. The number of hydrogen-bond acceptors (Lipinski definition) is 6. The summed E-state index contributed by atoms with van der Waals surface area (Å²) >= 11 is 0. The third kappa shape index (κ3) is 3.09. The van der Waals surface area contributed by atoms with Crippen LogP contribution in [0.15, 0.2) is 18.2 Å². The van der Waals surface area contributed by atoms with E-state index in [1.165, 1.54) is 0 Å². The van der Waals surface area contributed by atoms with Gasteiger partial charge in [-0.3, -0.25) is 0 Å². The van der Waals surface area contributed by atoms with Gasteiger partial charge in [0.05, 0.1) is 25.6 Å². The minimum Gasteiger partial charge on any atom is -0.497 e. The Morgan fingerprint density at radius 2 is 1.53 bits per heavy atom. The average Bonchev–Trinajstić information content (AvgIpc) is 2.42. The highest BCUT2D eigenvalue weighted by Gasteiger charge is 2.05. The number of aryl methyl sites for hydroxylation is 2. The molecule has 0 saturated heterocycles. The van der Waals surface area contributed by atoms with E-state index in [1.807, 2.05) is 26.0 Å². The molecule has 0 radical (unpaired) electrons. The fourth-order valence-electron chi connectivity index (χ4n) is 1.52. The third-order valence-electron chi connectivity index (χ3n) is 2.70. The zero-order chi connectivity index (χ0) is 13.8. The molecule has 2 rings (SSSR count). The van der Waals surface area contributed by atoms with Crippen LogP contribution in [0, 0.1) is 13.8 Å². The number of ether oxygens (including phenoxy) is 2. The lowest BCUT2D eigenvalue weighted by atomic mass is 10.3. The minimum atomic E-state index is 0.443. The van der Waals surface area contributed by atoms with E-state index in [0.29, 0.717) is 17.4 Å². The molecule has 0 atom stereocenters. The first-order valence-electron chi connectivity index (χ1n) is 5.80. The number of anilines is 2. The van der Waals surface area contributed by atoms with Gasteiger partial charge in [0.2, 0.25) is 5.95 Å². The van der Waals surface area contributed by atoms with E-state index in [1.54, 1.807) is 20.3 Å². The molecule has 19 heavy (non-hydrogen) atoms. The van der Waals surface area contributed by atoms with Crippen molar-refractivity contribution in [3.63, 3.8) is 0 Å². The molecule has 0 bridgehead atoms. The monoisotopic (exact) mass is 260 g/mol. The van der Waals surface area contributed by atoms with Crippen LogP contribution < -0.4 is 14.8 Å². The predicted molar refractivity (Wildman–Crippen MR) is 72.1 cm³/mol. The number of methoxy groups -OCH3 is 2. The second-order valence-corrected chi connectivity index (χ2v) is 4.03. The molecule has 1 heterocycles. The van der Waals surface area contributed by atoms with Gasteiger partial charge in [0.25, 0.3) is 0 Å². The maximum absolute atomic E-state index is 5.20. The Morgan fingerprint density at radius 3 is 2.05 bits per heavy atom. The Balaban J connectivity index is 2.29. The number of aromatic nitrogens is 3. The summed E-state index contributed by atoms with van der Waals surface area (Å²) in [5.41, 5.74) is 2.43. The van der Waals surface area contributed by atoms with Gasteiger partial charge in [0, 0.05) is 23.9 Å². The molecule has 2 aromatic rings. The number of nitrogens with zero attached hydrogens (tertiary/aromatic N) is 3. The molecule has 6 nitrogen and oxygen atoms in total. The highest BCUT2D eigenvalue weighted by atomic mass is 16.5. The summed E-state index contributed by atoms with van der Waals surface area (Å²) in [5.74, 6) is 1.83. The Hall–Kier alpha value is -2.37. The lowest BCUT2D eigenvalue weighted by Crippen LogP contribution is -2.03. The Labute approximate surface area is 111 Å².